The van der Waals surface area contributed by atoms with Crippen molar-refractivity contribution in [3.8, 4) is 0 Å². The predicted molar refractivity (Wildman–Crippen MR) is 107 cm³/mol. The van der Waals surface area contributed by atoms with Crippen molar-refractivity contribution in [3.63, 3.8) is 0 Å². The number of aromatic nitrogens is 3. The highest BCUT2D eigenvalue weighted by Gasteiger charge is 2.51. The Balaban J connectivity index is 1.33. The summed E-state index contributed by atoms with van der Waals surface area (Å²) in [5.74, 6) is -1.74. The summed E-state index contributed by atoms with van der Waals surface area (Å²) >= 11 is 0. The van der Waals surface area contributed by atoms with Crippen LogP contribution in [0.4, 0.5) is 8.78 Å². The average molecular weight is 422 g/mol. The molecule has 5 rings (SSSR count). The van der Waals surface area contributed by atoms with Gasteiger partial charge < -0.3 is 5.32 Å². The number of benzene rings is 2. The summed E-state index contributed by atoms with van der Waals surface area (Å²) in [5.41, 5.74) is 1.34. The van der Waals surface area contributed by atoms with Crippen LogP contribution in [0.3, 0.4) is 0 Å². The lowest BCUT2D eigenvalue weighted by Crippen LogP contribution is -2.42. The molecule has 0 bridgehead atoms. The molecule has 1 saturated carbocycles. The number of halogens is 2. The molecule has 0 unspecified atom stereocenters. The van der Waals surface area contributed by atoms with E-state index in [-0.39, 0.29) is 23.6 Å². The summed E-state index contributed by atoms with van der Waals surface area (Å²) in [6, 6.07) is 11.0. The van der Waals surface area contributed by atoms with Gasteiger partial charge in [0.2, 0.25) is 5.82 Å². The summed E-state index contributed by atoms with van der Waals surface area (Å²) in [6.45, 7) is 0. The maximum absolute atomic E-state index is 14.4. The fraction of sp³-hybridized carbons (Fsp3) is 0.304. The van der Waals surface area contributed by atoms with E-state index in [0.29, 0.717) is 24.2 Å². The first-order valence-electron chi connectivity index (χ1n) is 10.2. The maximum atomic E-state index is 14.4. The Morgan fingerprint density at radius 2 is 1.97 bits per heavy atom. The van der Waals surface area contributed by atoms with Crippen molar-refractivity contribution in [2.75, 3.05) is 0 Å². The van der Waals surface area contributed by atoms with Crippen LogP contribution in [-0.2, 0) is 23.1 Å². The first-order chi connectivity index (χ1) is 14.9. The summed E-state index contributed by atoms with van der Waals surface area (Å²) in [4.78, 5) is 29.8. The number of H-pyrrole nitrogens is 1. The first-order valence-corrected chi connectivity index (χ1v) is 10.2. The molecule has 0 saturated heterocycles. The van der Waals surface area contributed by atoms with Crippen molar-refractivity contribution in [1.82, 2.24) is 20.5 Å². The number of amides is 1. The lowest BCUT2D eigenvalue weighted by molar-refractivity contribution is -0.120. The van der Waals surface area contributed by atoms with E-state index in [1.165, 1.54) is 6.07 Å². The van der Waals surface area contributed by atoms with Gasteiger partial charge in [-0.05, 0) is 47.4 Å². The Morgan fingerprint density at radius 1 is 1.19 bits per heavy atom. The quantitative estimate of drug-likeness (QED) is 0.677. The van der Waals surface area contributed by atoms with E-state index in [9.17, 15) is 18.4 Å². The van der Waals surface area contributed by atoms with Gasteiger partial charge in [0.1, 0.15) is 17.5 Å². The number of nitrogens with zero attached hydrogens (tertiary/aromatic N) is 2. The molecule has 1 spiro atoms. The van der Waals surface area contributed by atoms with Crippen molar-refractivity contribution in [3.05, 3.63) is 82.4 Å². The van der Waals surface area contributed by atoms with Crippen LogP contribution in [0.1, 0.15) is 52.4 Å². The minimum absolute atomic E-state index is 0.0532. The van der Waals surface area contributed by atoms with Gasteiger partial charge in [0, 0.05) is 18.9 Å². The highest BCUT2D eigenvalue weighted by molar-refractivity contribution is 5.96. The number of rotatable bonds is 4. The van der Waals surface area contributed by atoms with Crippen LogP contribution in [-0.4, -0.2) is 32.9 Å². The largest absolute Gasteiger partial charge is 0.339 e. The van der Waals surface area contributed by atoms with Gasteiger partial charge in [0.25, 0.3) is 5.91 Å². The minimum atomic E-state index is -0.805. The third-order valence-corrected chi connectivity index (χ3v) is 6.17. The molecule has 1 fully saturated rings. The number of carbonyl (C=O) groups excluding carboxylic acids is 2. The number of hydrogen-bond acceptors (Lipinski definition) is 4. The lowest BCUT2D eigenvalue weighted by Gasteiger charge is -2.20. The molecule has 2 aliphatic carbocycles. The van der Waals surface area contributed by atoms with E-state index in [4.69, 9.17) is 0 Å². The zero-order valence-corrected chi connectivity index (χ0v) is 16.6. The molecule has 8 heteroatoms. The third kappa shape index (κ3) is 3.73. The molecule has 2 aromatic carbocycles. The lowest BCUT2D eigenvalue weighted by atomic mass is 9.88. The van der Waals surface area contributed by atoms with Crippen molar-refractivity contribution >= 4 is 11.7 Å². The monoisotopic (exact) mass is 422 g/mol. The third-order valence-electron chi connectivity index (χ3n) is 6.17. The zero-order chi connectivity index (χ0) is 21.6. The van der Waals surface area contributed by atoms with Crippen molar-refractivity contribution in [2.45, 2.75) is 43.6 Å². The molecule has 2 aliphatic rings. The number of fused-ring (bicyclic) bond motifs is 2. The van der Waals surface area contributed by atoms with E-state index >= 15 is 0 Å². The van der Waals surface area contributed by atoms with Gasteiger partial charge in [-0.2, -0.15) is 0 Å². The van der Waals surface area contributed by atoms with Crippen LogP contribution in [0.5, 0.6) is 0 Å². The molecule has 158 valence electrons. The summed E-state index contributed by atoms with van der Waals surface area (Å²) in [5, 5.41) is 9.45. The van der Waals surface area contributed by atoms with Crippen molar-refractivity contribution in [2.24, 2.45) is 0 Å². The molecule has 2 N–H and O–H groups in total. The number of ketones is 1. The number of aromatic amines is 1. The molecule has 0 radical (unpaired) electrons. The van der Waals surface area contributed by atoms with E-state index in [1.54, 1.807) is 0 Å². The van der Waals surface area contributed by atoms with E-state index < -0.39 is 29.0 Å². The molecule has 6 nitrogen and oxygen atoms in total. The standard InChI is InChI=1S/C23H20F2N4O2/c24-14-9-16-15(17(25)10-14)11-19(30)18(12-23(16)6-7-23)26-22(31)21-27-20(28-29-21)8-13-4-2-1-3-5-13/h1-5,9-10,18H,6-8,11-12H2,(H,26,31)(H,27,28,29)/t18-/m0/s1. The Morgan fingerprint density at radius 3 is 2.71 bits per heavy atom. The molecule has 0 aliphatic heterocycles. The molecule has 1 heterocycles. The fourth-order valence-corrected chi connectivity index (χ4v) is 4.41. The van der Waals surface area contributed by atoms with E-state index in [1.807, 2.05) is 30.3 Å². The van der Waals surface area contributed by atoms with Gasteiger partial charge in [0.05, 0.1) is 6.04 Å². The van der Waals surface area contributed by atoms with Gasteiger partial charge in [-0.15, -0.1) is 5.10 Å². The Kier molecular flexibility index (Phi) is 4.64. The second-order valence-electron chi connectivity index (χ2n) is 8.34. The summed E-state index contributed by atoms with van der Waals surface area (Å²) < 4.78 is 28.2. The topological polar surface area (TPSA) is 87.7 Å². The zero-order valence-electron chi connectivity index (χ0n) is 16.6. The Bertz CT molecular complexity index is 1170. The SMILES string of the molecule is O=C(N[C@H]1CC2(CC2)c2cc(F)cc(F)c2CC1=O)c1n[nH]c(Cc2ccccc2)n1. The minimum Gasteiger partial charge on any atom is -0.339 e. The molecule has 1 atom stereocenters. The molecule has 31 heavy (non-hydrogen) atoms. The molecular formula is C23H20F2N4O2. The average Bonchev–Trinajstić information content (AvgIpc) is 3.40. The number of carbonyl (C=O) groups is 2. The van der Waals surface area contributed by atoms with Crippen molar-refractivity contribution in [1.29, 1.82) is 0 Å². The number of hydrogen-bond donors (Lipinski definition) is 2. The second kappa shape index (κ2) is 7.37. The predicted octanol–water partition coefficient (Wildman–Crippen LogP) is 3.02. The van der Waals surface area contributed by atoms with Gasteiger partial charge in [-0.25, -0.2) is 13.8 Å². The van der Waals surface area contributed by atoms with Crippen LogP contribution < -0.4 is 5.32 Å². The van der Waals surface area contributed by atoms with Crippen LogP contribution in [0, 0.1) is 11.6 Å². The smallest absolute Gasteiger partial charge is 0.291 e. The maximum Gasteiger partial charge on any atom is 0.291 e. The van der Waals surface area contributed by atoms with Crippen LogP contribution >= 0.6 is 0 Å². The molecule has 1 aromatic heterocycles. The van der Waals surface area contributed by atoms with Crippen LogP contribution in [0.2, 0.25) is 0 Å². The summed E-state index contributed by atoms with van der Waals surface area (Å²) in [7, 11) is 0. The van der Waals surface area contributed by atoms with Gasteiger partial charge in [-0.1, -0.05) is 30.3 Å². The highest BCUT2D eigenvalue weighted by Crippen LogP contribution is 2.54. The summed E-state index contributed by atoms with van der Waals surface area (Å²) in [6.07, 6.45) is 2.08. The van der Waals surface area contributed by atoms with Gasteiger partial charge in [-0.3, -0.25) is 14.7 Å². The van der Waals surface area contributed by atoms with Crippen molar-refractivity contribution < 1.29 is 18.4 Å². The first kappa shape index (κ1) is 19.5. The van der Waals surface area contributed by atoms with Gasteiger partial charge >= 0.3 is 0 Å². The van der Waals surface area contributed by atoms with E-state index in [0.717, 1.165) is 24.5 Å². The highest BCUT2D eigenvalue weighted by atomic mass is 19.1. The van der Waals surface area contributed by atoms with Crippen LogP contribution in [0.25, 0.3) is 0 Å². The second-order valence-corrected chi connectivity index (χ2v) is 8.34. The normalized spacial score (nSPS) is 19.0. The number of nitrogens with one attached hydrogen (secondary N) is 2. The molecular weight excluding hydrogens is 402 g/mol. The fourth-order valence-electron chi connectivity index (χ4n) is 4.41. The molecule has 3 aromatic rings. The van der Waals surface area contributed by atoms with E-state index in [2.05, 4.69) is 20.5 Å². The van der Waals surface area contributed by atoms with Crippen LogP contribution in [0.15, 0.2) is 42.5 Å². The Hall–Kier alpha value is -3.42. The Labute approximate surface area is 177 Å². The molecule has 1 amide bonds. The van der Waals surface area contributed by atoms with Gasteiger partial charge in [0.15, 0.2) is 5.78 Å². The number of Topliss-reactive ketones (excluding diaryl/α,β-unsaturated/α-hetero) is 1.